The van der Waals surface area contributed by atoms with Crippen molar-refractivity contribution < 1.29 is 8.42 Å². The molecule has 1 aromatic carbocycles. The molecule has 0 atom stereocenters. The van der Waals surface area contributed by atoms with Gasteiger partial charge in [-0.15, -0.1) is 0 Å². The van der Waals surface area contributed by atoms with Gasteiger partial charge in [0.05, 0.1) is 10.6 Å². The standard InChI is InChI=1S/C16H22N2O2S/c1-5-21(19,20)16-8-6-15(7-9-16)17-11-14-10-12(2)18(4)13(14)3/h6-10,17H,5,11H2,1-4H3. The van der Waals surface area contributed by atoms with Crippen molar-refractivity contribution in [3.8, 4) is 0 Å². The Morgan fingerprint density at radius 1 is 1.14 bits per heavy atom. The molecule has 0 amide bonds. The highest BCUT2D eigenvalue weighted by molar-refractivity contribution is 7.91. The van der Waals surface area contributed by atoms with E-state index < -0.39 is 9.84 Å². The predicted octanol–water partition coefficient (Wildman–Crippen LogP) is 3.05. The molecule has 2 rings (SSSR count). The molecule has 0 fully saturated rings. The molecule has 0 spiro atoms. The maximum absolute atomic E-state index is 11.8. The minimum Gasteiger partial charge on any atom is -0.381 e. The Hall–Kier alpha value is -1.75. The Labute approximate surface area is 126 Å². The number of hydrogen-bond acceptors (Lipinski definition) is 3. The molecule has 0 aliphatic heterocycles. The highest BCUT2D eigenvalue weighted by Gasteiger charge is 2.11. The molecule has 0 saturated heterocycles. The molecule has 0 aliphatic rings. The van der Waals surface area contributed by atoms with E-state index in [1.54, 1.807) is 19.1 Å². The van der Waals surface area contributed by atoms with Gasteiger partial charge in [-0.3, -0.25) is 0 Å². The van der Waals surface area contributed by atoms with Gasteiger partial charge in [0.25, 0.3) is 0 Å². The zero-order chi connectivity index (χ0) is 15.6. The van der Waals surface area contributed by atoms with Gasteiger partial charge >= 0.3 is 0 Å². The van der Waals surface area contributed by atoms with Crippen LogP contribution in [0.2, 0.25) is 0 Å². The van der Waals surface area contributed by atoms with Gasteiger partial charge in [0.2, 0.25) is 0 Å². The molecule has 0 saturated carbocycles. The van der Waals surface area contributed by atoms with Crippen LogP contribution in [0, 0.1) is 13.8 Å². The molecule has 1 N–H and O–H groups in total. The third-order valence-electron chi connectivity index (χ3n) is 3.96. The van der Waals surface area contributed by atoms with E-state index >= 15 is 0 Å². The van der Waals surface area contributed by atoms with Crippen molar-refractivity contribution in [1.29, 1.82) is 0 Å². The average molecular weight is 306 g/mol. The molecule has 0 bridgehead atoms. The summed E-state index contributed by atoms with van der Waals surface area (Å²) in [7, 11) is -1.07. The van der Waals surface area contributed by atoms with Crippen LogP contribution >= 0.6 is 0 Å². The lowest BCUT2D eigenvalue weighted by Gasteiger charge is -2.08. The number of sulfone groups is 1. The molecule has 4 nitrogen and oxygen atoms in total. The van der Waals surface area contributed by atoms with E-state index in [-0.39, 0.29) is 5.75 Å². The molecule has 0 aliphatic carbocycles. The first-order chi connectivity index (χ1) is 9.85. The third-order valence-corrected chi connectivity index (χ3v) is 5.71. The fourth-order valence-corrected chi connectivity index (χ4v) is 3.14. The van der Waals surface area contributed by atoms with E-state index in [0.29, 0.717) is 4.90 Å². The summed E-state index contributed by atoms with van der Waals surface area (Å²) in [5.41, 5.74) is 4.64. The van der Waals surface area contributed by atoms with Gasteiger partial charge in [0, 0.05) is 30.7 Å². The van der Waals surface area contributed by atoms with E-state index in [0.717, 1.165) is 12.2 Å². The zero-order valence-electron chi connectivity index (χ0n) is 13.0. The van der Waals surface area contributed by atoms with Crippen LogP contribution in [0.4, 0.5) is 5.69 Å². The van der Waals surface area contributed by atoms with Crippen LogP contribution in [-0.2, 0) is 23.4 Å². The highest BCUT2D eigenvalue weighted by Crippen LogP contribution is 2.18. The van der Waals surface area contributed by atoms with Crippen molar-refractivity contribution in [2.75, 3.05) is 11.1 Å². The summed E-state index contributed by atoms with van der Waals surface area (Å²) >= 11 is 0. The van der Waals surface area contributed by atoms with E-state index in [1.165, 1.54) is 17.0 Å². The second-order valence-corrected chi connectivity index (χ2v) is 7.51. The molecule has 5 heteroatoms. The summed E-state index contributed by atoms with van der Waals surface area (Å²) in [4.78, 5) is 0.377. The molecule has 2 aromatic rings. The number of aromatic nitrogens is 1. The largest absolute Gasteiger partial charge is 0.381 e. The first kappa shape index (κ1) is 15.6. The Morgan fingerprint density at radius 3 is 2.24 bits per heavy atom. The molecular formula is C16H22N2O2S. The number of anilines is 1. The van der Waals surface area contributed by atoms with Crippen molar-refractivity contribution in [1.82, 2.24) is 4.57 Å². The lowest BCUT2D eigenvalue weighted by molar-refractivity contribution is 0.597. The lowest BCUT2D eigenvalue weighted by atomic mass is 10.2. The second kappa shape index (κ2) is 5.93. The molecular weight excluding hydrogens is 284 g/mol. The maximum atomic E-state index is 11.8. The van der Waals surface area contributed by atoms with Crippen LogP contribution in [0.1, 0.15) is 23.9 Å². The minimum absolute atomic E-state index is 0.127. The first-order valence-electron chi connectivity index (χ1n) is 7.03. The monoisotopic (exact) mass is 306 g/mol. The Morgan fingerprint density at radius 2 is 1.76 bits per heavy atom. The number of rotatable bonds is 5. The van der Waals surface area contributed by atoms with Crippen molar-refractivity contribution in [3.05, 3.63) is 47.3 Å². The van der Waals surface area contributed by atoms with Crippen molar-refractivity contribution in [2.24, 2.45) is 7.05 Å². The van der Waals surface area contributed by atoms with Crippen molar-refractivity contribution >= 4 is 15.5 Å². The van der Waals surface area contributed by atoms with Crippen molar-refractivity contribution in [3.63, 3.8) is 0 Å². The summed E-state index contributed by atoms with van der Waals surface area (Å²) in [6.45, 7) is 6.57. The van der Waals surface area contributed by atoms with Gasteiger partial charge in [-0.1, -0.05) is 6.92 Å². The maximum Gasteiger partial charge on any atom is 0.178 e. The van der Waals surface area contributed by atoms with Crippen molar-refractivity contribution in [2.45, 2.75) is 32.2 Å². The molecule has 0 unspecified atom stereocenters. The van der Waals surface area contributed by atoms with Crippen LogP contribution in [0.3, 0.4) is 0 Å². The summed E-state index contributed by atoms with van der Waals surface area (Å²) in [6.07, 6.45) is 0. The quantitative estimate of drug-likeness (QED) is 0.923. The number of hydrogen-bond donors (Lipinski definition) is 1. The van der Waals surface area contributed by atoms with Gasteiger partial charge < -0.3 is 9.88 Å². The smallest absolute Gasteiger partial charge is 0.178 e. The van der Waals surface area contributed by atoms with Gasteiger partial charge in [0.1, 0.15) is 0 Å². The normalized spacial score (nSPS) is 11.6. The zero-order valence-corrected chi connectivity index (χ0v) is 13.8. The van der Waals surface area contributed by atoms with Crippen LogP contribution in [0.15, 0.2) is 35.2 Å². The van der Waals surface area contributed by atoms with Crippen LogP contribution < -0.4 is 5.32 Å². The summed E-state index contributed by atoms with van der Waals surface area (Å²) < 4.78 is 25.7. The van der Waals surface area contributed by atoms with Gasteiger partial charge in [0.15, 0.2) is 9.84 Å². The van der Waals surface area contributed by atoms with Crippen LogP contribution in [0.5, 0.6) is 0 Å². The van der Waals surface area contributed by atoms with Gasteiger partial charge in [-0.2, -0.15) is 0 Å². The number of nitrogens with zero attached hydrogens (tertiary/aromatic N) is 1. The van der Waals surface area contributed by atoms with Crippen LogP contribution in [0.25, 0.3) is 0 Å². The predicted molar refractivity (Wildman–Crippen MR) is 86.4 cm³/mol. The second-order valence-electron chi connectivity index (χ2n) is 5.24. The van der Waals surface area contributed by atoms with Gasteiger partial charge in [-0.05, 0) is 49.7 Å². The fourth-order valence-electron chi connectivity index (χ4n) is 2.26. The Bertz CT molecular complexity index is 728. The van der Waals surface area contributed by atoms with Gasteiger partial charge in [-0.25, -0.2) is 8.42 Å². The number of aryl methyl sites for hydroxylation is 1. The lowest BCUT2D eigenvalue weighted by Crippen LogP contribution is -2.04. The summed E-state index contributed by atoms with van der Waals surface area (Å²) in [6, 6.07) is 9.11. The van der Waals surface area contributed by atoms with E-state index in [4.69, 9.17) is 0 Å². The summed E-state index contributed by atoms with van der Waals surface area (Å²) in [5, 5.41) is 3.33. The third kappa shape index (κ3) is 3.29. The first-order valence-corrected chi connectivity index (χ1v) is 8.69. The Kier molecular flexibility index (Phi) is 4.42. The molecule has 0 radical (unpaired) electrons. The number of nitrogens with one attached hydrogen (secondary N) is 1. The Balaban J connectivity index is 2.09. The van der Waals surface area contributed by atoms with E-state index in [2.05, 4.69) is 36.8 Å². The SMILES string of the molecule is CCS(=O)(=O)c1ccc(NCc2cc(C)n(C)c2C)cc1. The molecule has 114 valence electrons. The molecule has 1 heterocycles. The molecule has 1 aromatic heterocycles. The van der Waals surface area contributed by atoms with E-state index in [1.807, 2.05) is 12.1 Å². The number of benzene rings is 1. The highest BCUT2D eigenvalue weighted by atomic mass is 32.2. The fraction of sp³-hybridized carbons (Fsp3) is 0.375. The minimum atomic E-state index is -3.12. The van der Waals surface area contributed by atoms with E-state index in [9.17, 15) is 8.42 Å². The van der Waals surface area contributed by atoms with Crippen LogP contribution in [-0.4, -0.2) is 18.7 Å². The average Bonchev–Trinajstić information content (AvgIpc) is 2.73. The summed E-state index contributed by atoms with van der Waals surface area (Å²) in [5.74, 6) is 0.127. The molecule has 21 heavy (non-hydrogen) atoms. The topological polar surface area (TPSA) is 51.1 Å².